The van der Waals surface area contributed by atoms with Crippen molar-refractivity contribution in [3.8, 4) is 11.5 Å². The van der Waals surface area contributed by atoms with Gasteiger partial charge in [0.25, 0.3) is 5.91 Å². The summed E-state index contributed by atoms with van der Waals surface area (Å²) in [6.45, 7) is 2.53. The summed E-state index contributed by atoms with van der Waals surface area (Å²) in [5, 5.41) is 2.82. The molecule has 1 atom stereocenters. The molecule has 2 rings (SSSR count). The van der Waals surface area contributed by atoms with E-state index in [4.69, 9.17) is 15.2 Å². The van der Waals surface area contributed by atoms with Crippen LogP contribution in [0.3, 0.4) is 0 Å². The Morgan fingerprint density at radius 1 is 1.58 bits per heavy atom. The van der Waals surface area contributed by atoms with E-state index in [-0.39, 0.29) is 18.6 Å². The van der Waals surface area contributed by atoms with E-state index in [0.717, 1.165) is 17.1 Å². The Morgan fingerprint density at radius 3 is 3.05 bits per heavy atom. The van der Waals surface area contributed by atoms with Crippen LogP contribution in [-0.4, -0.2) is 32.2 Å². The third-order valence-electron chi connectivity index (χ3n) is 2.95. The fourth-order valence-electron chi connectivity index (χ4n) is 1.79. The highest BCUT2D eigenvalue weighted by Crippen LogP contribution is 2.29. The van der Waals surface area contributed by atoms with Crippen molar-refractivity contribution in [3.05, 3.63) is 29.3 Å². The summed E-state index contributed by atoms with van der Waals surface area (Å²) >= 11 is 0. The molecule has 0 aliphatic carbocycles. The van der Waals surface area contributed by atoms with Crippen LogP contribution in [0.2, 0.25) is 0 Å². The smallest absolute Gasteiger partial charge is 0.250 e. The first kappa shape index (κ1) is 13.4. The maximum atomic E-state index is 12.0. The van der Waals surface area contributed by atoms with E-state index >= 15 is 0 Å². The molecular weight excluding hydrogens is 244 g/mol. The van der Waals surface area contributed by atoms with E-state index in [1.54, 1.807) is 7.11 Å². The molecule has 0 bridgehead atoms. The van der Waals surface area contributed by atoms with E-state index < -0.39 is 0 Å². The average molecular weight is 262 g/mol. The van der Waals surface area contributed by atoms with E-state index in [0.29, 0.717) is 12.1 Å². The monoisotopic (exact) mass is 262 g/mol. The molecule has 3 N–H and O–H groups in total. The molecule has 5 nitrogen and oxygen atoms in total. The van der Waals surface area contributed by atoms with Gasteiger partial charge in [0.2, 0.25) is 0 Å². The van der Waals surface area contributed by atoms with Crippen molar-refractivity contribution in [2.75, 3.05) is 20.3 Å². The predicted molar refractivity (Wildman–Crippen MR) is 73.1 cm³/mol. The number of hydrogen-bond donors (Lipinski definition) is 2. The van der Waals surface area contributed by atoms with Crippen LogP contribution in [-0.2, 0) is 4.79 Å². The van der Waals surface area contributed by atoms with E-state index in [1.807, 2.05) is 31.2 Å². The Bertz CT molecular complexity index is 511. The number of rotatable bonds is 4. The van der Waals surface area contributed by atoms with Gasteiger partial charge in [-0.05, 0) is 31.2 Å². The molecule has 1 amide bonds. The molecule has 0 radical (unpaired) electrons. The van der Waals surface area contributed by atoms with Crippen LogP contribution in [0.4, 0.5) is 0 Å². The highest BCUT2D eigenvalue weighted by atomic mass is 16.5. The molecule has 1 heterocycles. The molecule has 102 valence electrons. The molecule has 0 spiro atoms. The molecule has 0 saturated heterocycles. The van der Waals surface area contributed by atoms with Crippen molar-refractivity contribution >= 4 is 12.0 Å². The first-order valence-electron chi connectivity index (χ1n) is 6.16. The summed E-state index contributed by atoms with van der Waals surface area (Å²) in [6.07, 6.45) is 1.82. The van der Waals surface area contributed by atoms with Crippen LogP contribution in [0.25, 0.3) is 6.08 Å². The minimum absolute atomic E-state index is 0.0555. The Labute approximate surface area is 112 Å². The molecule has 19 heavy (non-hydrogen) atoms. The van der Waals surface area contributed by atoms with Gasteiger partial charge in [0, 0.05) is 18.2 Å². The molecule has 0 aromatic heterocycles. The van der Waals surface area contributed by atoms with Crippen molar-refractivity contribution in [1.82, 2.24) is 5.32 Å². The Morgan fingerprint density at radius 2 is 2.37 bits per heavy atom. The van der Waals surface area contributed by atoms with Crippen LogP contribution < -0.4 is 20.5 Å². The molecule has 1 aromatic rings. The summed E-state index contributed by atoms with van der Waals surface area (Å²) < 4.78 is 10.7. The van der Waals surface area contributed by atoms with Crippen LogP contribution in [0.15, 0.2) is 23.8 Å². The lowest BCUT2D eigenvalue weighted by Crippen LogP contribution is -2.39. The zero-order chi connectivity index (χ0) is 13.8. The Balaban J connectivity index is 2.20. The van der Waals surface area contributed by atoms with Gasteiger partial charge in [-0.1, -0.05) is 0 Å². The summed E-state index contributed by atoms with van der Waals surface area (Å²) in [6, 6.07) is 5.45. The second kappa shape index (κ2) is 5.75. The summed E-state index contributed by atoms with van der Waals surface area (Å²) in [7, 11) is 1.60. The minimum atomic E-state index is -0.147. The number of nitrogens with one attached hydrogen (secondary N) is 1. The second-order valence-electron chi connectivity index (χ2n) is 4.47. The maximum absolute atomic E-state index is 12.0. The third-order valence-corrected chi connectivity index (χ3v) is 2.95. The fourth-order valence-corrected chi connectivity index (χ4v) is 1.79. The normalized spacial score (nSPS) is 14.8. The van der Waals surface area contributed by atoms with Crippen LogP contribution in [0, 0.1) is 0 Å². The molecular formula is C14H18N2O3. The number of fused-ring (bicyclic) bond motifs is 1. The highest BCUT2D eigenvalue weighted by molar-refractivity contribution is 5.99. The zero-order valence-electron chi connectivity index (χ0n) is 11.1. The SMILES string of the molecule is COc1ccc2c(c1)C=C(C(=O)N[C@@H](C)CN)CO2. The first-order valence-corrected chi connectivity index (χ1v) is 6.16. The van der Waals surface area contributed by atoms with Gasteiger partial charge in [0.05, 0.1) is 12.7 Å². The Kier molecular flexibility index (Phi) is 4.06. The number of methoxy groups -OCH3 is 1. The van der Waals surface area contributed by atoms with Gasteiger partial charge in [-0.15, -0.1) is 0 Å². The molecule has 0 saturated carbocycles. The summed E-state index contributed by atoms with van der Waals surface area (Å²) in [5.74, 6) is 1.34. The number of benzene rings is 1. The lowest BCUT2D eigenvalue weighted by atomic mass is 10.1. The van der Waals surface area contributed by atoms with Crippen molar-refractivity contribution in [3.63, 3.8) is 0 Å². The van der Waals surface area contributed by atoms with E-state index in [1.165, 1.54) is 0 Å². The quantitative estimate of drug-likeness (QED) is 0.846. The van der Waals surface area contributed by atoms with E-state index in [9.17, 15) is 4.79 Å². The van der Waals surface area contributed by atoms with Crippen LogP contribution in [0.5, 0.6) is 11.5 Å². The van der Waals surface area contributed by atoms with Gasteiger partial charge < -0.3 is 20.5 Å². The van der Waals surface area contributed by atoms with Crippen LogP contribution >= 0.6 is 0 Å². The topological polar surface area (TPSA) is 73.6 Å². The Hall–Kier alpha value is -2.01. The van der Waals surface area contributed by atoms with Crippen molar-refractivity contribution in [2.24, 2.45) is 5.73 Å². The lowest BCUT2D eigenvalue weighted by Gasteiger charge is -2.19. The van der Waals surface area contributed by atoms with Crippen molar-refractivity contribution < 1.29 is 14.3 Å². The number of amides is 1. The van der Waals surface area contributed by atoms with Crippen LogP contribution in [0.1, 0.15) is 12.5 Å². The molecule has 1 aromatic carbocycles. The molecule has 0 fully saturated rings. The number of ether oxygens (including phenoxy) is 2. The largest absolute Gasteiger partial charge is 0.497 e. The minimum Gasteiger partial charge on any atom is -0.497 e. The van der Waals surface area contributed by atoms with Gasteiger partial charge >= 0.3 is 0 Å². The van der Waals surface area contributed by atoms with Crippen molar-refractivity contribution in [2.45, 2.75) is 13.0 Å². The lowest BCUT2D eigenvalue weighted by molar-refractivity contribution is -0.118. The highest BCUT2D eigenvalue weighted by Gasteiger charge is 2.18. The van der Waals surface area contributed by atoms with Crippen molar-refractivity contribution in [1.29, 1.82) is 0 Å². The number of carbonyl (C=O) groups is 1. The van der Waals surface area contributed by atoms with E-state index in [2.05, 4.69) is 5.32 Å². The molecule has 1 aliphatic rings. The van der Waals surface area contributed by atoms with Gasteiger partial charge in [-0.3, -0.25) is 4.79 Å². The predicted octanol–water partition coefficient (Wildman–Crippen LogP) is 0.934. The van der Waals surface area contributed by atoms with Gasteiger partial charge in [-0.2, -0.15) is 0 Å². The maximum Gasteiger partial charge on any atom is 0.250 e. The number of carbonyl (C=O) groups excluding carboxylic acids is 1. The summed E-state index contributed by atoms with van der Waals surface area (Å²) in [4.78, 5) is 12.0. The summed E-state index contributed by atoms with van der Waals surface area (Å²) in [5.41, 5.74) is 6.91. The molecule has 5 heteroatoms. The van der Waals surface area contributed by atoms with Gasteiger partial charge in [0.1, 0.15) is 18.1 Å². The standard InChI is InChI=1S/C14H18N2O3/c1-9(7-15)16-14(17)11-5-10-6-12(18-2)3-4-13(10)19-8-11/h3-6,9H,7-8,15H2,1-2H3,(H,16,17)/t9-/m0/s1. The second-order valence-corrected chi connectivity index (χ2v) is 4.47. The zero-order valence-corrected chi connectivity index (χ0v) is 11.1. The molecule has 1 aliphatic heterocycles. The average Bonchev–Trinajstić information content (AvgIpc) is 2.45. The molecule has 0 unspecified atom stereocenters. The first-order chi connectivity index (χ1) is 9.13. The fraction of sp³-hybridized carbons (Fsp3) is 0.357. The number of hydrogen-bond acceptors (Lipinski definition) is 4. The number of nitrogens with two attached hydrogens (primary N) is 1. The van der Waals surface area contributed by atoms with Gasteiger partial charge in [0.15, 0.2) is 0 Å². The third kappa shape index (κ3) is 3.06. The van der Waals surface area contributed by atoms with Gasteiger partial charge in [-0.25, -0.2) is 0 Å².